The number of esters is 1. The molecule has 0 fully saturated rings. The Morgan fingerprint density at radius 1 is 1.89 bits per heavy atom. The Hall–Kier alpha value is -0.610. The second-order valence-electron chi connectivity index (χ2n) is 1.70. The fourth-order valence-corrected chi connectivity index (χ4v) is 0.290. The first kappa shape index (κ1) is 8.39. The Bertz CT molecular complexity index is 95.0. The fourth-order valence-electron chi connectivity index (χ4n) is 0.290. The molecule has 0 heterocycles. The van der Waals surface area contributed by atoms with Gasteiger partial charge in [-0.15, -0.1) is 0 Å². The molecule has 0 radical (unpaired) electrons. The Kier molecular flexibility index (Phi) is 4.00. The molecule has 0 saturated carbocycles. The van der Waals surface area contributed by atoms with Crippen LogP contribution in [-0.2, 0) is 9.53 Å². The van der Waals surface area contributed by atoms with Crippen molar-refractivity contribution in [3.63, 3.8) is 0 Å². The Morgan fingerprint density at radius 2 is 2.44 bits per heavy atom. The van der Waals surface area contributed by atoms with Crippen LogP contribution in [0.25, 0.3) is 0 Å². The lowest BCUT2D eigenvalue weighted by atomic mass is 10.5. The molecule has 9 heavy (non-hydrogen) atoms. The molecule has 54 valence electrons. The zero-order valence-electron chi connectivity index (χ0n) is 5.68. The van der Waals surface area contributed by atoms with Gasteiger partial charge in [-0.1, -0.05) is 0 Å². The highest BCUT2D eigenvalue weighted by atomic mass is 16.5. The first-order chi connectivity index (χ1) is 4.16. The highest BCUT2D eigenvalue weighted by Gasteiger charge is 1.98. The normalized spacial score (nSPS) is 12.8. The number of carbonyl (C=O) groups excluding carboxylic acids is 1. The van der Waals surface area contributed by atoms with Crippen LogP contribution in [0.5, 0.6) is 0 Å². The highest BCUT2D eigenvalue weighted by Crippen LogP contribution is 1.76. The standard InChI is InChI=1S/C5H12N2O2/c1-4(8)9-3-5(6)7-2/h5,7H,3,6H2,1-2H3. The third-order valence-corrected chi connectivity index (χ3v) is 0.837. The Labute approximate surface area is 54.4 Å². The molecule has 0 bridgehead atoms. The van der Waals surface area contributed by atoms with Crippen molar-refractivity contribution in [3.8, 4) is 0 Å². The maximum Gasteiger partial charge on any atom is 0.302 e. The van der Waals surface area contributed by atoms with Crippen LogP contribution in [0, 0.1) is 0 Å². The van der Waals surface area contributed by atoms with E-state index in [9.17, 15) is 4.79 Å². The minimum Gasteiger partial charge on any atom is -0.463 e. The van der Waals surface area contributed by atoms with Gasteiger partial charge in [-0.3, -0.25) is 4.79 Å². The van der Waals surface area contributed by atoms with E-state index in [0.717, 1.165) is 0 Å². The van der Waals surface area contributed by atoms with E-state index < -0.39 is 0 Å². The van der Waals surface area contributed by atoms with Crippen molar-refractivity contribution in [1.29, 1.82) is 0 Å². The van der Waals surface area contributed by atoms with E-state index in [4.69, 9.17) is 5.73 Å². The van der Waals surface area contributed by atoms with Crippen LogP contribution in [0.15, 0.2) is 0 Å². The summed E-state index contributed by atoms with van der Waals surface area (Å²) < 4.78 is 4.57. The molecule has 0 rings (SSSR count). The molecule has 0 aliphatic carbocycles. The van der Waals surface area contributed by atoms with Crippen molar-refractivity contribution in [3.05, 3.63) is 0 Å². The lowest BCUT2D eigenvalue weighted by Crippen LogP contribution is -2.39. The van der Waals surface area contributed by atoms with Crippen molar-refractivity contribution >= 4 is 5.97 Å². The minimum absolute atomic E-state index is 0.228. The molecule has 0 aliphatic heterocycles. The molecular formula is C5H12N2O2. The van der Waals surface area contributed by atoms with Crippen molar-refractivity contribution in [1.82, 2.24) is 5.32 Å². The van der Waals surface area contributed by atoms with E-state index in [1.165, 1.54) is 6.92 Å². The number of hydrogen-bond acceptors (Lipinski definition) is 4. The molecule has 4 nitrogen and oxygen atoms in total. The van der Waals surface area contributed by atoms with Crippen molar-refractivity contribution in [2.24, 2.45) is 5.73 Å². The second-order valence-corrected chi connectivity index (χ2v) is 1.70. The molecule has 0 saturated heterocycles. The van der Waals surface area contributed by atoms with Gasteiger partial charge in [0, 0.05) is 6.92 Å². The van der Waals surface area contributed by atoms with Crippen LogP contribution < -0.4 is 11.1 Å². The van der Waals surface area contributed by atoms with Crippen molar-refractivity contribution in [2.75, 3.05) is 13.7 Å². The average molecular weight is 132 g/mol. The Morgan fingerprint density at radius 3 is 2.78 bits per heavy atom. The number of rotatable bonds is 3. The quantitative estimate of drug-likeness (QED) is 0.384. The predicted molar refractivity (Wildman–Crippen MR) is 33.7 cm³/mol. The number of likely N-dealkylation sites (N-methyl/N-ethyl adjacent to an activating group) is 1. The maximum absolute atomic E-state index is 10.2. The van der Waals surface area contributed by atoms with Gasteiger partial charge in [0.15, 0.2) is 0 Å². The molecule has 1 atom stereocenters. The van der Waals surface area contributed by atoms with Crippen LogP contribution in [0.2, 0.25) is 0 Å². The summed E-state index contributed by atoms with van der Waals surface area (Å²) in [6, 6.07) is 0. The van der Waals surface area contributed by atoms with Gasteiger partial charge >= 0.3 is 5.97 Å². The van der Waals surface area contributed by atoms with Gasteiger partial charge in [-0.05, 0) is 7.05 Å². The number of nitrogens with two attached hydrogens (primary N) is 1. The van der Waals surface area contributed by atoms with Gasteiger partial charge < -0.3 is 15.8 Å². The minimum atomic E-state index is -0.305. The van der Waals surface area contributed by atoms with Gasteiger partial charge in [0.1, 0.15) is 6.61 Å². The molecule has 4 heteroatoms. The van der Waals surface area contributed by atoms with Crippen molar-refractivity contribution < 1.29 is 9.53 Å². The zero-order chi connectivity index (χ0) is 7.28. The zero-order valence-corrected chi connectivity index (χ0v) is 5.68. The largest absolute Gasteiger partial charge is 0.463 e. The fraction of sp³-hybridized carbons (Fsp3) is 0.800. The van der Waals surface area contributed by atoms with Gasteiger partial charge in [0.25, 0.3) is 0 Å². The van der Waals surface area contributed by atoms with Gasteiger partial charge in [-0.25, -0.2) is 0 Å². The topological polar surface area (TPSA) is 64.3 Å². The smallest absolute Gasteiger partial charge is 0.302 e. The van der Waals surface area contributed by atoms with Crippen molar-refractivity contribution in [2.45, 2.75) is 13.1 Å². The summed E-state index contributed by atoms with van der Waals surface area (Å²) >= 11 is 0. The molecule has 0 aliphatic rings. The van der Waals surface area contributed by atoms with E-state index in [-0.39, 0.29) is 18.7 Å². The summed E-state index contributed by atoms with van der Waals surface area (Å²) in [5, 5.41) is 2.72. The van der Waals surface area contributed by atoms with Gasteiger partial charge in [-0.2, -0.15) is 0 Å². The molecule has 0 spiro atoms. The molecule has 3 N–H and O–H groups in total. The van der Waals surface area contributed by atoms with E-state index in [1.54, 1.807) is 7.05 Å². The SMILES string of the molecule is CNC(N)COC(C)=O. The summed E-state index contributed by atoms with van der Waals surface area (Å²) in [5.41, 5.74) is 5.33. The first-order valence-corrected chi connectivity index (χ1v) is 2.73. The van der Waals surface area contributed by atoms with Crippen LogP contribution in [0.1, 0.15) is 6.92 Å². The van der Waals surface area contributed by atoms with E-state index in [0.29, 0.717) is 0 Å². The molecule has 0 aromatic carbocycles. The number of carbonyl (C=O) groups is 1. The first-order valence-electron chi connectivity index (χ1n) is 2.73. The van der Waals surface area contributed by atoms with Gasteiger partial charge in [0.05, 0.1) is 6.17 Å². The van der Waals surface area contributed by atoms with E-state index >= 15 is 0 Å². The van der Waals surface area contributed by atoms with Crippen LogP contribution in [0.3, 0.4) is 0 Å². The lowest BCUT2D eigenvalue weighted by molar-refractivity contribution is -0.141. The molecule has 0 aromatic rings. The second kappa shape index (κ2) is 4.29. The maximum atomic E-state index is 10.2. The number of nitrogens with one attached hydrogen (secondary N) is 1. The summed E-state index contributed by atoms with van der Waals surface area (Å²) in [5.74, 6) is -0.305. The van der Waals surface area contributed by atoms with Gasteiger partial charge in [0.2, 0.25) is 0 Å². The highest BCUT2D eigenvalue weighted by molar-refractivity contribution is 5.65. The Balaban J connectivity index is 3.16. The molecule has 1 unspecified atom stereocenters. The summed E-state index contributed by atoms with van der Waals surface area (Å²) in [6.07, 6.45) is -0.256. The molecule has 0 amide bonds. The van der Waals surface area contributed by atoms with E-state index in [1.807, 2.05) is 0 Å². The third kappa shape index (κ3) is 5.26. The van der Waals surface area contributed by atoms with E-state index in [2.05, 4.69) is 10.1 Å². The summed E-state index contributed by atoms with van der Waals surface area (Å²) in [6.45, 7) is 1.58. The lowest BCUT2D eigenvalue weighted by Gasteiger charge is -2.08. The molecular weight excluding hydrogens is 120 g/mol. The van der Waals surface area contributed by atoms with Crippen LogP contribution in [-0.4, -0.2) is 25.8 Å². The third-order valence-electron chi connectivity index (χ3n) is 0.837. The average Bonchev–Trinajstić information content (AvgIpc) is 1.83. The monoisotopic (exact) mass is 132 g/mol. The number of hydrogen-bond donors (Lipinski definition) is 2. The summed E-state index contributed by atoms with van der Waals surface area (Å²) in [7, 11) is 1.70. The summed E-state index contributed by atoms with van der Waals surface area (Å²) in [4.78, 5) is 10.2. The number of ether oxygens (including phenoxy) is 1. The van der Waals surface area contributed by atoms with Crippen LogP contribution >= 0.6 is 0 Å². The van der Waals surface area contributed by atoms with Crippen LogP contribution in [0.4, 0.5) is 0 Å². The molecule has 0 aromatic heterocycles. The predicted octanol–water partition coefficient (Wildman–Crippen LogP) is -0.946.